The van der Waals surface area contributed by atoms with Crippen molar-refractivity contribution in [3.05, 3.63) is 28.2 Å². The Kier molecular flexibility index (Phi) is 6.01. The molecular formula is C17H21BrN2O4. The monoisotopic (exact) mass is 396 g/mol. The Morgan fingerprint density at radius 1 is 1.04 bits per heavy atom. The van der Waals surface area contributed by atoms with Crippen LogP contribution in [0, 0.1) is 11.3 Å². The number of ether oxygens (including phenoxy) is 2. The SMILES string of the molecule is CC(C)(C)OC(=O)N(C(=O)OC(C)(C)C)c1c(Br)cccc1C#N. The van der Waals surface area contributed by atoms with Crippen LogP contribution in [0.1, 0.15) is 47.1 Å². The van der Waals surface area contributed by atoms with E-state index < -0.39 is 23.4 Å². The number of benzene rings is 1. The van der Waals surface area contributed by atoms with Gasteiger partial charge >= 0.3 is 12.2 Å². The fraction of sp³-hybridized carbons (Fsp3) is 0.471. The van der Waals surface area contributed by atoms with Crippen molar-refractivity contribution in [3.63, 3.8) is 0 Å². The zero-order valence-electron chi connectivity index (χ0n) is 14.6. The molecule has 1 aromatic carbocycles. The van der Waals surface area contributed by atoms with Crippen LogP contribution in [0.2, 0.25) is 0 Å². The highest BCUT2D eigenvalue weighted by Crippen LogP contribution is 2.32. The topological polar surface area (TPSA) is 79.6 Å². The molecule has 0 aromatic heterocycles. The fourth-order valence-corrected chi connectivity index (χ4v) is 2.25. The molecule has 0 N–H and O–H groups in total. The first kappa shape index (κ1) is 20.0. The predicted octanol–water partition coefficient (Wildman–Crippen LogP) is 5.00. The third kappa shape index (κ3) is 5.53. The number of amides is 2. The van der Waals surface area contributed by atoms with Crippen molar-refractivity contribution in [3.8, 4) is 6.07 Å². The van der Waals surface area contributed by atoms with Gasteiger partial charge in [-0.3, -0.25) is 0 Å². The van der Waals surface area contributed by atoms with Crippen molar-refractivity contribution in [2.45, 2.75) is 52.7 Å². The summed E-state index contributed by atoms with van der Waals surface area (Å²) in [7, 11) is 0. The molecule has 1 rings (SSSR count). The molecule has 0 aliphatic carbocycles. The fourth-order valence-electron chi connectivity index (χ4n) is 1.71. The van der Waals surface area contributed by atoms with E-state index in [4.69, 9.17) is 9.47 Å². The number of imide groups is 1. The average Bonchev–Trinajstić information content (AvgIpc) is 2.36. The molecule has 0 bridgehead atoms. The highest BCUT2D eigenvalue weighted by atomic mass is 79.9. The summed E-state index contributed by atoms with van der Waals surface area (Å²) in [6.45, 7) is 10.1. The smallest absolute Gasteiger partial charge is 0.424 e. The Morgan fingerprint density at radius 3 is 1.88 bits per heavy atom. The molecule has 0 saturated carbocycles. The number of para-hydroxylation sites is 1. The third-order valence-electron chi connectivity index (χ3n) is 2.48. The number of hydrogen-bond donors (Lipinski definition) is 0. The predicted molar refractivity (Wildman–Crippen MR) is 93.8 cm³/mol. The Hall–Kier alpha value is -2.07. The summed E-state index contributed by atoms with van der Waals surface area (Å²) in [6.07, 6.45) is -1.83. The number of carbonyl (C=O) groups is 2. The van der Waals surface area contributed by atoms with E-state index in [1.165, 1.54) is 6.07 Å². The first-order valence-corrected chi connectivity index (χ1v) is 8.10. The van der Waals surface area contributed by atoms with Gasteiger partial charge in [-0.05, 0) is 69.6 Å². The molecule has 0 atom stereocenters. The van der Waals surface area contributed by atoms with E-state index in [2.05, 4.69) is 15.9 Å². The number of nitrogens with zero attached hydrogens (tertiary/aromatic N) is 2. The van der Waals surface area contributed by atoms with Gasteiger partial charge in [-0.2, -0.15) is 10.2 Å². The molecule has 130 valence electrons. The zero-order chi connectivity index (χ0) is 18.7. The summed E-state index contributed by atoms with van der Waals surface area (Å²) in [5.74, 6) is 0. The van der Waals surface area contributed by atoms with Gasteiger partial charge in [-0.25, -0.2) is 9.59 Å². The van der Waals surface area contributed by atoms with Crippen LogP contribution < -0.4 is 4.90 Å². The van der Waals surface area contributed by atoms with E-state index in [1.807, 2.05) is 6.07 Å². The molecule has 0 unspecified atom stereocenters. The summed E-state index contributed by atoms with van der Waals surface area (Å²) in [6, 6.07) is 6.72. The lowest BCUT2D eigenvalue weighted by atomic mass is 10.1. The molecule has 0 heterocycles. The van der Waals surface area contributed by atoms with E-state index in [0.29, 0.717) is 4.47 Å². The highest BCUT2D eigenvalue weighted by molar-refractivity contribution is 9.10. The molecule has 2 amide bonds. The lowest BCUT2D eigenvalue weighted by Crippen LogP contribution is -2.44. The number of halogens is 1. The molecule has 0 aliphatic rings. The van der Waals surface area contributed by atoms with E-state index in [9.17, 15) is 14.9 Å². The summed E-state index contributed by atoms with van der Waals surface area (Å²) in [4.78, 5) is 25.9. The van der Waals surface area contributed by atoms with Crippen LogP contribution in [0.4, 0.5) is 15.3 Å². The van der Waals surface area contributed by atoms with E-state index in [-0.39, 0.29) is 11.3 Å². The quantitative estimate of drug-likeness (QED) is 0.667. The van der Waals surface area contributed by atoms with Crippen molar-refractivity contribution in [2.24, 2.45) is 0 Å². The van der Waals surface area contributed by atoms with Gasteiger partial charge in [0.05, 0.1) is 11.3 Å². The molecule has 6 nitrogen and oxygen atoms in total. The van der Waals surface area contributed by atoms with Crippen LogP contribution >= 0.6 is 15.9 Å². The Morgan fingerprint density at radius 2 is 1.50 bits per heavy atom. The van der Waals surface area contributed by atoms with Crippen LogP contribution in [0.25, 0.3) is 0 Å². The zero-order valence-corrected chi connectivity index (χ0v) is 16.2. The second-order valence-corrected chi connectivity index (χ2v) is 7.90. The van der Waals surface area contributed by atoms with Crippen molar-refractivity contribution in [1.82, 2.24) is 0 Å². The van der Waals surface area contributed by atoms with Gasteiger partial charge in [0.2, 0.25) is 0 Å². The minimum absolute atomic E-state index is 0.0866. The van der Waals surface area contributed by atoms with Crippen molar-refractivity contribution in [2.75, 3.05) is 4.90 Å². The summed E-state index contributed by atoms with van der Waals surface area (Å²) < 4.78 is 11.0. The molecule has 7 heteroatoms. The molecule has 0 radical (unpaired) electrons. The molecule has 1 aromatic rings. The molecular weight excluding hydrogens is 376 g/mol. The van der Waals surface area contributed by atoms with Gasteiger partial charge in [0.15, 0.2) is 0 Å². The number of carbonyl (C=O) groups excluding carboxylic acids is 2. The van der Waals surface area contributed by atoms with Crippen LogP contribution in [0.5, 0.6) is 0 Å². The second-order valence-electron chi connectivity index (χ2n) is 7.04. The number of anilines is 1. The van der Waals surface area contributed by atoms with Crippen LogP contribution in [0.3, 0.4) is 0 Å². The standard InChI is InChI=1S/C17H21BrN2O4/c1-16(2,3)23-14(21)20(15(22)24-17(4,5)6)13-11(10-19)8-7-9-12(13)18/h7-9H,1-6H3. The van der Waals surface area contributed by atoms with Crippen molar-refractivity contribution < 1.29 is 19.1 Å². The minimum atomic E-state index is -0.917. The maximum atomic E-state index is 12.6. The first-order chi connectivity index (χ1) is 10.9. The summed E-state index contributed by atoms with van der Waals surface area (Å²) in [5.41, 5.74) is -1.40. The lowest BCUT2D eigenvalue weighted by molar-refractivity contribution is 0.0430. The Bertz CT molecular complexity index is 653. The van der Waals surface area contributed by atoms with Gasteiger partial charge in [0.25, 0.3) is 0 Å². The molecule has 0 spiro atoms. The van der Waals surface area contributed by atoms with E-state index >= 15 is 0 Å². The average molecular weight is 397 g/mol. The normalized spacial score (nSPS) is 11.4. The number of nitriles is 1. The molecule has 0 fully saturated rings. The maximum Gasteiger partial charge on any atom is 0.424 e. The van der Waals surface area contributed by atoms with Gasteiger partial charge in [-0.15, -0.1) is 0 Å². The molecule has 24 heavy (non-hydrogen) atoms. The largest absolute Gasteiger partial charge is 0.443 e. The summed E-state index contributed by atoms with van der Waals surface area (Å²) in [5, 5.41) is 9.32. The molecule has 0 saturated heterocycles. The van der Waals surface area contributed by atoms with Crippen molar-refractivity contribution >= 4 is 33.8 Å². The van der Waals surface area contributed by atoms with E-state index in [1.54, 1.807) is 53.7 Å². The number of hydrogen-bond acceptors (Lipinski definition) is 5. The lowest BCUT2D eigenvalue weighted by Gasteiger charge is -2.29. The van der Waals surface area contributed by atoms with Gasteiger partial charge in [-0.1, -0.05) is 6.07 Å². The van der Waals surface area contributed by atoms with Crippen LogP contribution in [-0.2, 0) is 9.47 Å². The van der Waals surface area contributed by atoms with E-state index in [0.717, 1.165) is 4.90 Å². The third-order valence-corrected chi connectivity index (χ3v) is 3.12. The minimum Gasteiger partial charge on any atom is -0.443 e. The maximum absolute atomic E-state index is 12.6. The van der Waals surface area contributed by atoms with Gasteiger partial charge in [0.1, 0.15) is 17.3 Å². The Balaban J connectivity index is 3.43. The molecule has 0 aliphatic heterocycles. The summed E-state index contributed by atoms with van der Waals surface area (Å²) >= 11 is 3.28. The van der Waals surface area contributed by atoms with Gasteiger partial charge < -0.3 is 9.47 Å². The van der Waals surface area contributed by atoms with Crippen molar-refractivity contribution in [1.29, 1.82) is 5.26 Å². The number of rotatable bonds is 1. The first-order valence-electron chi connectivity index (χ1n) is 7.30. The Labute approximate surface area is 150 Å². The highest BCUT2D eigenvalue weighted by Gasteiger charge is 2.35. The second kappa shape index (κ2) is 7.22. The van der Waals surface area contributed by atoms with Crippen LogP contribution in [-0.4, -0.2) is 23.4 Å². The van der Waals surface area contributed by atoms with Crippen LogP contribution in [0.15, 0.2) is 22.7 Å². The van der Waals surface area contributed by atoms with Gasteiger partial charge in [0, 0.05) is 4.47 Å².